The fourth-order valence-corrected chi connectivity index (χ4v) is 4.21. The second-order valence-electron chi connectivity index (χ2n) is 6.71. The molecule has 28 heavy (non-hydrogen) atoms. The number of anilines is 1. The van der Waals surface area contributed by atoms with E-state index in [1.54, 1.807) is 0 Å². The molecule has 5 nitrogen and oxygen atoms in total. The first kappa shape index (κ1) is 18.7. The van der Waals surface area contributed by atoms with Crippen LogP contribution in [0.3, 0.4) is 0 Å². The number of fused-ring (bicyclic) bond motifs is 1. The van der Waals surface area contributed by atoms with Crippen LogP contribution in [0.2, 0.25) is 0 Å². The Kier molecular flexibility index (Phi) is 5.45. The van der Waals surface area contributed by atoms with Crippen LogP contribution in [0.5, 0.6) is 0 Å². The summed E-state index contributed by atoms with van der Waals surface area (Å²) in [5.41, 5.74) is 5.10. The lowest BCUT2D eigenvalue weighted by Gasteiger charge is -2.05. The van der Waals surface area contributed by atoms with E-state index in [4.69, 9.17) is 0 Å². The van der Waals surface area contributed by atoms with Crippen molar-refractivity contribution in [1.29, 1.82) is 0 Å². The molecule has 0 saturated heterocycles. The predicted molar refractivity (Wildman–Crippen MR) is 117 cm³/mol. The number of benzene rings is 2. The number of hydrogen-bond acceptors (Lipinski definition) is 5. The van der Waals surface area contributed by atoms with Gasteiger partial charge in [-0.15, -0.1) is 11.3 Å². The molecule has 0 aliphatic heterocycles. The molecule has 2 N–H and O–H groups in total. The average molecular weight is 409 g/mol. The van der Waals surface area contributed by atoms with Gasteiger partial charge in [-0.2, -0.15) is 0 Å². The van der Waals surface area contributed by atoms with Crippen LogP contribution in [-0.2, 0) is 4.79 Å². The van der Waals surface area contributed by atoms with Crippen LogP contribution in [0.4, 0.5) is 5.13 Å². The molecule has 0 spiro atoms. The highest BCUT2D eigenvalue weighted by Crippen LogP contribution is 2.27. The maximum Gasteiger partial charge on any atom is 0.236 e. The molecule has 2 heterocycles. The first-order valence-corrected chi connectivity index (χ1v) is 10.9. The molecule has 4 rings (SSSR count). The maximum atomic E-state index is 12.3. The second-order valence-corrected chi connectivity index (χ2v) is 8.53. The molecule has 0 unspecified atom stereocenters. The highest BCUT2D eigenvalue weighted by molar-refractivity contribution is 7.99. The Balaban J connectivity index is 1.35. The van der Waals surface area contributed by atoms with Crippen molar-refractivity contribution in [2.45, 2.75) is 24.9 Å². The third-order valence-corrected chi connectivity index (χ3v) is 5.96. The number of carbonyl (C=O) groups excluding carboxylic acids is 1. The van der Waals surface area contributed by atoms with Gasteiger partial charge in [0.25, 0.3) is 0 Å². The summed E-state index contributed by atoms with van der Waals surface area (Å²) in [6.45, 7) is 4.35. The molecule has 0 aliphatic rings. The minimum atomic E-state index is -0.0958. The van der Waals surface area contributed by atoms with Crippen LogP contribution in [0.15, 0.2) is 59.1 Å². The van der Waals surface area contributed by atoms with Crippen LogP contribution < -0.4 is 5.32 Å². The van der Waals surface area contributed by atoms with E-state index in [0.717, 1.165) is 27.4 Å². The van der Waals surface area contributed by atoms with Gasteiger partial charge >= 0.3 is 0 Å². The Morgan fingerprint density at radius 1 is 1.14 bits per heavy atom. The molecule has 4 aromatic rings. The number of thioether (sulfide) groups is 1. The van der Waals surface area contributed by atoms with Crippen molar-refractivity contribution in [2.24, 2.45) is 0 Å². The zero-order chi connectivity index (χ0) is 19.5. The van der Waals surface area contributed by atoms with Gasteiger partial charge in [-0.3, -0.25) is 4.79 Å². The van der Waals surface area contributed by atoms with E-state index in [0.29, 0.717) is 11.0 Å². The predicted octanol–water partition coefficient (Wildman–Crippen LogP) is 5.54. The van der Waals surface area contributed by atoms with Gasteiger partial charge in [0.1, 0.15) is 0 Å². The number of para-hydroxylation sites is 2. The van der Waals surface area contributed by atoms with Crippen LogP contribution in [0.1, 0.15) is 25.3 Å². The van der Waals surface area contributed by atoms with Crippen LogP contribution in [-0.4, -0.2) is 26.6 Å². The van der Waals surface area contributed by atoms with Crippen LogP contribution in [0.25, 0.3) is 22.3 Å². The highest BCUT2D eigenvalue weighted by atomic mass is 32.2. The number of aromatic nitrogens is 3. The lowest BCUT2D eigenvalue weighted by molar-refractivity contribution is -0.113. The smallest absolute Gasteiger partial charge is 0.236 e. The Labute approximate surface area is 171 Å². The fraction of sp³-hybridized carbons (Fsp3) is 0.190. The van der Waals surface area contributed by atoms with Gasteiger partial charge in [0, 0.05) is 10.9 Å². The van der Waals surface area contributed by atoms with E-state index in [-0.39, 0.29) is 11.7 Å². The number of imidazole rings is 1. The van der Waals surface area contributed by atoms with Gasteiger partial charge in [-0.05, 0) is 23.6 Å². The van der Waals surface area contributed by atoms with Gasteiger partial charge in [-0.1, -0.05) is 62.0 Å². The summed E-state index contributed by atoms with van der Waals surface area (Å²) >= 11 is 2.81. The molecule has 0 fully saturated rings. The van der Waals surface area contributed by atoms with Crippen LogP contribution in [0, 0.1) is 0 Å². The van der Waals surface area contributed by atoms with Gasteiger partial charge in [-0.25, -0.2) is 9.97 Å². The molecular weight excluding hydrogens is 388 g/mol. The van der Waals surface area contributed by atoms with Gasteiger partial charge in [0.05, 0.1) is 22.5 Å². The number of aromatic amines is 1. The van der Waals surface area contributed by atoms with E-state index < -0.39 is 0 Å². The minimum Gasteiger partial charge on any atom is -0.333 e. The number of thiazole rings is 1. The van der Waals surface area contributed by atoms with E-state index in [2.05, 4.69) is 58.4 Å². The second kappa shape index (κ2) is 8.16. The molecule has 0 bridgehead atoms. The Bertz CT molecular complexity index is 1070. The number of carbonyl (C=O) groups is 1. The number of nitrogens with one attached hydrogen (secondary N) is 2. The first-order chi connectivity index (χ1) is 13.6. The SMILES string of the molecule is CC(C)c1ccc(-c2csc(NC(=O)CSc3nc4ccccc4[nH]3)n2)cc1. The highest BCUT2D eigenvalue weighted by Gasteiger charge is 2.11. The van der Waals surface area contributed by atoms with Crippen molar-refractivity contribution in [2.75, 3.05) is 11.1 Å². The Hall–Kier alpha value is -2.64. The molecule has 0 atom stereocenters. The molecule has 1 amide bonds. The zero-order valence-corrected chi connectivity index (χ0v) is 17.2. The third-order valence-electron chi connectivity index (χ3n) is 4.33. The lowest BCUT2D eigenvalue weighted by Crippen LogP contribution is -2.13. The van der Waals surface area contributed by atoms with E-state index in [1.165, 1.54) is 28.7 Å². The molecule has 0 aliphatic carbocycles. The summed E-state index contributed by atoms with van der Waals surface area (Å²) in [7, 11) is 0. The van der Waals surface area contributed by atoms with E-state index in [9.17, 15) is 4.79 Å². The fourth-order valence-electron chi connectivity index (χ4n) is 2.79. The first-order valence-electron chi connectivity index (χ1n) is 9.02. The number of rotatable bonds is 6. The van der Waals surface area contributed by atoms with Crippen molar-refractivity contribution in [3.8, 4) is 11.3 Å². The summed E-state index contributed by atoms with van der Waals surface area (Å²) < 4.78 is 0. The summed E-state index contributed by atoms with van der Waals surface area (Å²) in [4.78, 5) is 24.5. The third kappa shape index (κ3) is 4.26. The summed E-state index contributed by atoms with van der Waals surface area (Å²) in [6.07, 6.45) is 0. The maximum absolute atomic E-state index is 12.3. The van der Waals surface area contributed by atoms with E-state index >= 15 is 0 Å². The number of H-pyrrole nitrogens is 1. The lowest BCUT2D eigenvalue weighted by atomic mass is 10.0. The van der Waals surface area contributed by atoms with Crippen molar-refractivity contribution in [1.82, 2.24) is 15.0 Å². The molecule has 142 valence electrons. The molecule has 7 heteroatoms. The molecule has 0 saturated carbocycles. The Morgan fingerprint density at radius 3 is 2.68 bits per heavy atom. The van der Waals surface area contributed by atoms with Crippen molar-refractivity contribution < 1.29 is 4.79 Å². The summed E-state index contributed by atoms with van der Waals surface area (Å²) in [6, 6.07) is 16.2. The minimum absolute atomic E-state index is 0.0958. The zero-order valence-electron chi connectivity index (χ0n) is 15.6. The van der Waals surface area contributed by atoms with Crippen molar-refractivity contribution >= 4 is 45.2 Å². The van der Waals surface area contributed by atoms with Gasteiger partial charge < -0.3 is 10.3 Å². The summed E-state index contributed by atoms with van der Waals surface area (Å²) in [5, 5.41) is 6.18. The standard InChI is InChI=1S/C21H20N4OS2/c1-13(2)14-7-9-15(10-8-14)18-11-27-21(24-18)25-19(26)12-28-20-22-16-5-3-4-6-17(16)23-20/h3-11,13H,12H2,1-2H3,(H,22,23)(H,24,25,26). The normalized spacial score (nSPS) is 11.2. The van der Waals surface area contributed by atoms with Gasteiger partial charge in [0.15, 0.2) is 10.3 Å². The quantitative estimate of drug-likeness (QED) is 0.411. The van der Waals surface area contributed by atoms with Gasteiger partial charge in [0.2, 0.25) is 5.91 Å². The molecule has 2 aromatic heterocycles. The molecule has 2 aromatic carbocycles. The summed E-state index contributed by atoms with van der Waals surface area (Å²) in [5.74, 6) is 0.683. The van der Waals surface area contributed by atoms with Crippen LogP contribution >= 0.6 is 23.1 Å². The topological polar surface area (TPSA) is 70.7 Å². The largest absolute Gasteiger partial charge is 0.333 e. The Morgan fingerprint density at radius 2 is 1.93 bits per heavy atom. The van der Waals surface area contributed by atoms with E-state index in [1.807, 2.05) is 29.6 Å². The van der Waals surface area contributed by atoms with Crippen molar-refractivity contribution in [3.63, 3.8) is 0 Å². The average Bonchev–Trinajstić information content (AvgIpc) is 3.33. The molecular formula is C21H20N4OS2. The molecule has 0 radical (unpaired) electrons. The number of nitrogens with zero attached hydrogens (tertiary/aromatic N) is 2. The monoisotopic (exact) mass is 408 g/mol. The number of hydrogen-bond donors (Lipinski definition) is 2. The van der Waals surface area contributed by atoms with Crippen molar-refractivity contribution in [3.05, 3.63) is 59.5 Å². The number of amides is 1.